The number of hydrogen-bond donors (Lipinski definition) is 0. The summed E-state index contributed by atoms with van der Waals surface area (Å²) in [7, 11) is 0. The van der Waals surface area contributed by atoms with E-state index in [1.54, 1.807) is 0 Å². The molecular weight excluding hydrogens is 1420 g/mol. The zero-order valence-electron chi connectivity index (χ0n) is 59.2. The maximum Gasteiger partial charge on any atom is 0.0181 e. The van der Waals surface area contributed by atoms with Crippen molar-refractivity contribution < 1.29 is 0 Å². The van der Waals surface area contributed by atoms with Crippen LogP contribution < -0.4 is 0 Å². The van der Waals surface area contributed by atoms with E-state index >= 15 is 0 Å². The zero-order chi connectivity index (χ0) is 71.3. The van der Waals surface area contributed by atoms with Crippen molar-refractivity contribution in [3.8, 4) is 89.0 Å². The minimum absolute atomic E-state index is 1.06. The van der Waals surface area contributed by atoms with Gasteiger partial charge in [-0.3, -0.25) is 0 Å². The number of aryl methyl sites for hydroxylation is 3. The molecular formula is C105H66Br2. The molecule has 0 aromatic heterocycles. The topological polar surface area (TPSA) is 0 Å². The van der Waals surface area contributed by atoms with E-state index in [1.807, 2.05) is 0 Å². The monoisotopic (exact) mass is 1480 g/mol. The van der Waals surface area contributed by atoms with Crippen molar-refractivity contribution in [2.75, 3.05) is 0 Å². The molecule has 0 aliphatic carbocycles. The molecule has 0 unspecified atom stereocenters. The summed E-state index contributed by atoms with van der Waals surface area (Å²) < 4.78 is 2.12. The minimum Gasteiger partial charge on any atom is -0.0622 e. The van der Waals surface area contributed by atoms with E-state index in [9.17, 15) is 0 Å². The molecule has 0 radical (unpaired) electrons. The first-order valence-electron chi connectivity index (χ1n) is 37.0. The van der Waals surface area contributed by atoms with Gasteiger partial charge in [0.15, 0.2) is 0 Å². The largest absolute Gasteiger partial charge is 0.0622 e. The molecule has 0 saturated carbocycles. The van der Waals surface area contributed by atoms with Crippen molar-refractivity contribution in [3.05, 3.63) is 371 Å². The summed E-state index contributed by atoms with van der Waals surface area (Å²) in [6.45, 7) is 6.55. The molecule has 0 N–H and O–H groups in total. The Balaban J connectivity index is 0.841. The molecule has 107 heavy (non-hydrogen) atoms. The molecule has 500 valence electrons. The second-order valence-electron chi connectivity index (χ2n) is 29.3. The van der Waals surface area contributed by atoms with E-state index in [1.165, 1.54) is 213 Å². The molecule has 21 aromatic carbocycles. The Morgan fingerprint density at radius 2 is 0.336 bits per heavy atom. The van der Waals surface area contributed by atoms with Gasteiger partial charge in [0.2, 0.25) is 0 Å². The SMILES string of the molecule is Cc1ccc(-c2c3ccc4ccc(Br)cc4c3c(-c3ccccc3)c3c2ccc2ccc(-c4ccc5ccc6c(-c7ccc(C)cc7)c7ccc8ccc(-c9ccc%10ccc%11c(-c%12ccc(C)cc%12)c%12ccc%13ccc(Br)cc%13c%12c(-c%12ccccc%12)c%11c%10c9)cc8c7c(-c7ccccc7)c6c5c4)cc23)cc1. The van der Waals surface area contributed by atoms with Crippen molar-refractivity contribution >= 4 is 161 Å². The summed E-state index contributed by atoms with van der Waals surface area (Å²) in [5, 5.41) is 29.4. The van der Waals surface area contributed by atoms with E-state index in [2.05, 4.69) is 398 Å². The highest BCUT2D eigenvalue weighted by Gasteiger charge is 2.26. The van der Waals surface area contributed by atoms with Crippen molar-refractivity contribution in [1.29, 1.82) is 0 Å². The molecule has 0 fully saturated rings. The molecule has 0 spiro atoms. The summed E-state index contributed by atoms with van der Waals surface area (Å²) in [5.74, 6) is 0. The molecule has 0 bridgehead atoms. The lowest BCUT2D eigenvalue weighted by Crippen LogP contribution is -1.94. The van der Waals surface area contributed by atoms with Gasteiger partial charge in [-0.2, -0.15) is 0 Å². The second-order valence-corrected chi connectivity index (χ2v) is 31.2. The number of hydrogen-bond acceptors (Lipinski definition) is 0. The van der Waals surface area contributed by atoms with Crippen molar-refractivity contribution in [3.63, 3.8) is 0 Å². The molecule has 21 rings (SSSR count). The van der Waals surface area contributed by atoms with Gasteiger partial charge >= 0.3 is 0 Å². The molecule has 0 nitrogen and oxygen atoms in total. The van der Waals surface area contributed by atoms with Gasteiger partial charge in [-0.1, -0.05) is 346 Å². The highest BCUT2D eigenvalue weighted by atomic mass is 79.9. The quantitative estimate of drug-likeness (QED) is 0.105. The Labute approximate surface area is 637 Å². The van der Waals surface area contributed by atoms with Gasteiger partial charge in [-0.05, 0) is 288 Å². The maximum absolute atomic E-state index is 3.94. The van der Waals surface area contributed by atoms with Crippen LogP contribution in [0.15, 0.2) is 355 Å². The molecule has 0 atom stereocenters. The normalized spacial score (nSPS) is 12.0. The van der Waals surface area contributed by atoms with E-state index in [0.717, 1.165) is 31.2 Å². The van der Waals surface area contributed by atoms with Crippen LogP contribution in [-0.4, -0.2) is 0 Å². The minimum atomic E-state index is 1.06. The fraction of sp³-hybridized carbons (Fsp3) is 0.0286. The van der Waals surface area contributed by atoms with Crippen molar-refractivity contribution in [1.82, 2.24) is 0 Å². The average Bonchev–Trinajstić information content (AvgIpc) is 0.715. The first-order valence-corrected chi connectivity index (χ1v) is 38.6. The lowest BCUT2D eigenvalue weighted by atomic mass is 9.81. The van der Waals surface area contributed by atoms with Crippen LogP contribution in [0.3, 0.4) is 0 Å². The third-order valence-corrected chi connectivity index (χ3v) is 24.0. The van der Waals surface area contributed by atoms with Crippen molar-refractivity contribution in [2.24, 2.45) is 0 Å². The Kier molecular flexibility index (Phi) is 14.7. The van der Waals surface area contributed by atoms with Crippen LogP contribution in [0.5, 0.6) is 0 Å². The van der Waals surface area contributed by atoms with Gasteiger partial charge in [-0.25, -0.2) is 0 Å². The van der Waals surface area contributed by atoms with Crippen LogP contribution in [0, 0.1) is 20.8 Å². The van der Waals surface area contributed by atoms with Crippen LogP contribution in [0.1, 0.15) is 16.7 Å². The lowest BCUT2D eigenvalue weighted by Gasteiger charge is -2.22. The average molecular weight is 1490 g/mol. The van der Waals surface area contributed by atoms with Gasteiger partial charge in [0.05, 0.1) is 0 Å². The summed E-state index contributed by atoms with van der Waals surface area (Å²) in [5.41, 5.74) is 23.0. The summed E-state index contributed by atoms with van der Waals surface area (Å²) in [6, 6.07) is 132. The lowest BCUT2D eigenvalue weighted by molar-refractivity contribution is 1.48. The van der Waals surface area contributed by atoms with Crippen LogP contribution in [0.2, 0.25) is 0 Å². The molecule has 0 heterocycles. The predicted molar refractivity (Wildman–Crippen MR) is 470 cm³/mol. The van der Waals surface area contributed by atoms with Gasteiger partial charge in [0.25, 0.3) is 0 Å². The molecule has 21 aromatic rings. The third kappa shape index (κ3) is 10.2. The van der Waals surface area contributed by atoms with Gasteiger partial charge in [0.1, 0.15) is 0 Å². The predicted octanol–water partition coefficient (Wildman–Crippen LogP) is 31.3. The fourth-order valence-electron chi connectivity index (χ4n) is 18.0. The van der Waals surface area contributed by atoms with Crippen LogP contribution in [0.25, 0.3) is 218 Å². The number of fused-ring (bicyclic) bond motifs is 18. The maximum atomic E-state index is 3.94. The number of rotatable bonds is 8. The summed E-state index contributed by atoms with van der Waals surface area (Å²) in [6.07, 6.45) is 0. The zero-order valence-corrected chi connectivity index (χ0v) is 62.3. The summed E-state index contributed by atoms with van der Waals surface area (Å²) >= 11 is 7.87. The van der Waals surface area contributed by atoms with Gasteiger partial charge < -0.3 is 0 Å². The van der Waals surface area contributed by atoms with Crippen LogP contribution >= 0.6 is 31.9 Å². The molecule has 0 saturated heterocycles. The molecule has 2 heteroatoms. The second kappa shape index (κ2) is 24.9. The molecule has 0 aliphatic rings. The smallest absolute Gasteiger partial charge is 0.0181 e. The van der Waals surface area contributed by atoms with E-state index in [0.29, 0.717) is 0 Å². The van der Waals surface area contributed by atoms with Crippen molar-refractivity contribution in [2.45, 2.75) is 20.8 Å². The fourth-order valence-corrected chi connectivity index (χ4v) is 18.8. The Morgan fingerprint density at radius 1 is 0.150 bits per heavy atom. The number of halogens is 2. The van der Waals surface area contributed by atoms with Crippen LogP contribution in [0.4, 0.5) is 0 Å². The van der Waals surface area contributed by atoms with E-state index in [-0.39, 0.29) is 0 Å². The highest BCUT2D eigenvalue weighted by molar-refractivity contribution is 9.10. The summed E-state index contributed by atoms with van der Waals surface area (Å²) in [4.78, 5) is 0. The Morgan fingerprint density at radius 3 is 0.570 bits per heavy atom. The molecule has 0 aliphatic heterocycles. The highest BCUT2D eigenvalue weighted by Crippen LogP contribution is 2.54. The Bertz CT molecular complexity index is 6940. The molecule has 0 amide bonds. The Hall–Kier alpha value is -12.3. The van der Waals surface area contributed by atoms with Gasteiger partial charge in [-0.15, -0.1) is 0 Å². The first-order chi connectivity index (χ1) is 52.6. The van der Waals surface area contributed by atoms with E-state index < -0.39 is 0 Å². The number of benzene rings is 21. The van der Waals surface area contributed by atoms with E-state index in [4.69, 9.17) is 0 Å². The van der Waals surface area contributed by atoms with Gasteiger partial charge in [0, 0.05) is 8.95 Å². The standard InChI is InChI=1S/C105H66Br2/c1-61-19-25-73(26-20-61)94-82-49-41-64-31-35-76(78-37-33-66-43-51-84-95(74-27-21-62(2)22-28-74)86-53-45-68-39-47-80(106)59-92(68)104(86)98(102(84)90(66)57-78)71-15-9-5-10-16-71)55-88(64)100(82)97(70-13-7-4-8-14-70)101-83(94)50-42-65-32-36-77(56-89(65)101)79-38-34-67-44-52-85-96(75-29-23-63(3)24-30-75)87-54-46-69-40-48-81(107)60-93(69)105(87)99(103(85)91(67)58-79)72-17-11-6-12-18-72/h4-60H,1-3H3. The van der Waals surface area contributed by atoms with Crippen LogP contribution in [-0.2, 0) is 0 Å². The first kappa shape index (κ1) is 63.2. The third-order valence-electron chi connectivity index (χ3n) is 23.0.